The van der Waals surface area contributed by atoms with Crippen molar-refractivity contribution in [3.05, 3.63) is 52.3 Å². The van der Waals surface area contributed by atoms with E-state index in [0.29, 0.717) is 34.9 Å². The highest BCUT2D eigenvalue weighted by atomic mass is 16.5. The van der Waals surface area contributed by atoms with Crippen molar-refractivity contribution >= 4 is 11.8 Å². The third-order valence-corrected chi connectivity index (χ3v) is 3.65. The molecule has 0 saturated carbocycles. The fourth-order valence-corrected chi connectivity index (χ4v) is 2.47. The number of H-pyrrole nitrogens is 1. The monoisotopic (exact) mass is 315 g/mol. The highest BCUT2D eigenvalue weighted by Gasteiger charge is 2.23. The zero-order chi connectivity index (χ0) is 17.0. The van der Waals surface area contributed by atoms with Crippen LogP contribution in [0.15, 0.2) is 24.3 Å². The van der Waals surface area contributed by atoms with E-state index >= 15 is 0 Å². The van der Waals surface area contributed by atoms with Crippen molar-refractivity contribution in [2.75, 3.05) is 13.2 Å². The van der Waals surface area contributed by atoms with Crippen LogP contribution in [0, 0.1) is 20.8 Å². The standard InChI is InChI=1S/C18H21NO4/c1-5-22-18(21)16-12(3)17(19-13(16)4)14(20)10-23-15-9-7-6-8-11(15)2/h6-9,19H,5,10H2,1-4H3. The molecule has 1 heterocycles. The average Bonchev–Trinajstić information content (AvgIpc) is 2.81. The molecule has 0 fully saturated rings. The van der Waals surface area contributed by atoms with Crippen LogP contribution < -0.4 is 4.74 Å². The van der Waals surface area contributed by atoms with Crippen LogP contribution in [0.1, 0.15) is 44.6 Å². The van der Waals surface area contributed by atoms with Crippen molar-refractivity contribution in [3.63, 3.8) is 0 Å². The molecular formula is C18H21NO4. The van der Waals surface area contributed by atoms with Crippen LogP contribution in [0.2, 0.25) is 0 Å². The number of benzene rings is 1. The van der Waals surface area contributed by atoms with E-state index in [2.05, 4.69) is 4.98 Å². The molecule has 0 amide bonds. The molecule has 5 heteroatoms. The van der Waals surface area contributed by atoms with Crippen LogP contribution in [0.4, 0.5) is 0 Å². The summed E-state index contributed by atoms with van der Waals surface area (Å²) >= 11 is 0. The molecule has 1 aromatic heterocycles. The van der Waals surface area contributed by atoms with Gasteiger partial charge in [-0.25, -0.2) is 4.79 Å². The van der Waals surface area contributed by atoms with Crippen LogP contribution >= 0.6 is 0 Å². The minimum atomic E-state index is -0.419. The van der Waals surface area contributed by atoms with Gasteiger partial charge in [-0.3, -0.25) is 4.79 Å². The summed E-state index contributed by atoms with van der Waals surface area (Å²) in [6.45, 7) is 7.35. The Morgan fingerprint density at radius 2 is 1.83 bits per heavy atom. The third kappa shape index (κ3) is 3.62. The second-order valence-corrected chi connectivity index (χ2v) is 5.32. The third-order valence-electron chi connectivity index (χ3n) is 3.65. The Bertz CT molecular complexity index is 731. The Balaban J connectivity index is 2.16. The van der Waals surface area contributed by atoms with E-state index in [1.807, 2.05) is 31.2 Å². The summed E-state index contributed by atoms with van der Waals surface area (Å²) in [6.07, 6.45) is 0. The number of nitrogens with one attached hydrogen (secondary N) is 1. The summed E-state index contributed by atoms with van der Waals surface area (Å²) in [5, 5.41) is 0. The van der Waals surface area contributed by atoms with E-state index < -0.39 is 5.97 Å². The highest BCUT2D eigenvalue weighted by Crippen LogP contribution is 2.21. The molecule has 0 bridgehead atoms. The fourth-order valence-electron chi connectivity index (χ4n) is 2.47. The summed E-state index contributed by atoms with van der Waals surface area (Å²) in [6, 6.07) is 7.51. The Hall–Kier alpha value is -2.56. The maximum Gasteiger partial charge on any atom is 0.340 e. The Labute approximate surface area is 135 Å². The van der Waals surface area contributed by atoms with E-state index in [1.54, 1.807) is 20.8 Å². The summed E-state index contributed by atoms with van der Waals surface area (Å²) in [4.78, 5) is 27.3. The van der Waals surface area contributed by atoms with Gasteiger partial charge in [0.1, 0.15) is 5.75 Å². The van der Waals surface area contributed by atoms with E-state index in [0.717, 1.165) is 5.56 Å². The lowest BCUT2D eigenvalue weighted by atomic mass is 10.1. The van der Waals surface area contributed by atoms with Crippen molar-refractivity contribution in [2.45, 2.75) is 27.7 Å². The van der Waals surface area contributed by atoms with Gasteiger partial charge in [0.15, 0.2) is 6.61 Å². The van der Waals surface area contributed by atoms with Gasteiger partial charge in [0.05, 0.1) is 17.9 Å². The van der Waals surface area contributed by atoms with Gasteiger partial charge in [-0.2, -0.15) is 0 Å². The first kappa shape index (κ1) is 16.8. The van der Waals surface area contributed by atoms with Crippen molar-refractivity contribution in [3.8, 4) is 5.75 Å². The van der Waals surface area contributed by atoms with Crippen LogP contribution in [0.5, 0.6) is 5.75 Å². The van der Waals surface area contributed by atoms with Crippen molar-refractivity contribution in [1.82, 2.24) is 4.98 Å². The van der Waals surface area contributed by atoms with Gasteiger partial charge in [-0.15, -0.1) is 0 Å². The van der Waals surface area contributed by atoms with Gasteiger partial charge in [0.25, 0.3) is 0 Å². The summed E-state index contributed by atoms with van der Waals surface area (Å²) in [5.74, 6) is 0.0504. The molecule has 0 atom stereocenters. The Kier molecular flexibility index (Phi) is 5.21. The van der Waals surface area contributed by atoms with Gasteiger partial charge in [0, 0.05) is 5.69 Å². The summed E-state index contributed by atoms with van der Waals surface area (Å²) in [7, 11) is 0. The van der Waals surface area contributed by atoms with Gasteiger partial charge in [-0.1, -0.05) is 18.2 Å². The maximum absolute atomic E-state index is 12.4. The molecule has 0 aliphatic carbocycles. The number of esters is 1. The molecule has 2 aromatic rings. The van der Waals surface area contributed by atoms with E-state index in [1.165, 1.54) is 0 Å². The number of Topliss-reactive ketones (excluding diaryl/α,β-unsaturated/α-hetero) is 1. The predicted octanol–water partition coefficient (Wildman–Crippen LogP) is 3.38. The lowest BCUT2D eigenvalue weighted by Crippen LogP contribution is -2.14. The molecule has 0 spiro atoms. The molecule has 2 rings (SSSR count). The van der Waals surface area contributed by atoms with E-state index in [-0.39, 0.29) is 12.4 Å². The lowest BCUT2D eigenvalue weighted by Gasteiger charge is -2.08. The number of para-hydroxylation sites is 1. The lowest BCUT2D eigenvalue weighted by molar-refractivity contribution is 0.0525. The van der Waals surface area contributed by atoms with Crippen LogP contribution in [-0.2, 0) is 4.74 Å². The summed E-state index contributed by atoms with van der Waals surface area (Å²) in [5.41, 5.74) is 3.00. The minimum Gasteiger partial charge on any atom is -0.485 e. The normalized spacial score (nSPS) is 10.4. The molecule has 1 N–H and O–H groups in total. The number of carbonyl (C=O) groups excluding carboxylic acids is 2. The topological polar surface area (TPSA) is 68.4 Å². The van der Waals surface area contributed by atoms with Gasteiger partial charge in [-0.05, 0) is 44.9 Å². The van der Waals surface area contributed by atoms with Gasteiger partial charge < -0.3 is 14.5 Å². The van der Waals surface area contributed by atoms with Crippen LogP contribution in [0.3, 0.4) is 0 Å². The number of hydrogen-bond donors (Lipinski definition) is 1. The number of aryl methyl sites for hydroxylation is 2. The van der Waals surface area contributed by atoms with E-state index in [4.69, 9.17) is 9.47 Å². The zero-order valence-electron chi connectivity index (χ0n) is 13.9. The molecule has 0 unspecified atom stereocenters. The molecule has 0 aliphatic rings. The number of hydrogen-bond acceptors (Lipinski definition) is 4. The zero-order valence-corrected chi connectivity index (χ0v) is 13.9. The van der Waals surface area contributed by atoms with Crippen molar-refractivity contribution in [1.29, 1.82) is 0 Å². The SMILES string of the molecule is CCOC(=O)c1c(C)[nH]c(C(=O)COc2ccccc2C)c1C. The number of ether oxygens (including phenoxy) is 2. The minimum absolute atomic E-state index is 0.0894. The Morgan fingerprint density at radius 1 is 1.13 bits per heavy atom. The van der Waals surface area contributed by atoms with Gasteiger partial charge in [0.2, 0.25) is 5.78 Å². The quantitative estimate of drug-likeness (QED) is 0.655. The first-order chi connectivity index (χ1) is 11.0. The molecule has 0 aliphatic heterocycles. The molecule has 1 aromatic carbocycles. The number of aromatic amines is 1. The molecule has 5 nitrogen and oxygen atoms in total. The number of carbonyl (C=O) groups is 2. The largest absolute Gasteiger partial charge is 0.485 e. The number of aromatic nitrogens is 1. The maximum atomic E-state index is 12.4. The molecule has 0 saturated heterocycles. The van der Waals surface area contributed by atoms with Crippen LogP contribution in [-0.4, -0.2) is 30.0 Å². The van der Waals surface area contributed by atoms with Crippen molar-refractivity contribution in [2.24, 2.45) is 0 Å². The van der Waals surface area contributed by atoms with Crippen LogP contribution in [0.25, 0.3) is 0 Å². The molecular weight excluding hydrogens is 294 g/mol. The molecule has 23 heavy (non-hydrogen) atoms. The smallest absolute Gasteiger partial charge is 0.340 e. The highest BCUT2D eigenvalue weighted by molar-refractivity contribution is 6.02. The molecule has 0 radical (unpaired) electrons. The number of rotatable bonds is 6. The number of ketones is 1. The predicted molar refractivity (Wildman–Crippen MR) is 87.2 cm³/mol. The second kappa shape index (κ2) is 7.13. The first-order valence-corrected chi connectivity index (χ1v) is 7.53. The average molecular weight is 315 g/mol. The summed E-state index contributed by atoms with van der Waals surface area (Å²) < 4.78 is 10.6. The fraction of sp³-hybridized carbons (Fsp3) is 0.333. The molecule has 122 valence electrons. The second-order valence-electron chi connectivity index (χ2n) is 5.32. The van der Waals surface area contributed by atoms with E-state index in [9.17, 15) is 9.59 Å². The van der Waals surface area contributed by atoms with Crippen molar-refractivity contribution < 1.29 is 19.1 Å². The Morgan fingerprint density at radius 3 is 2.48 bits per heavy atom. The van der Waals surface area contributed by atoms with Gasteiger partial charge >= 0.3 is 5.97 Å². The first-order valence-electron chi connectivity index (χ1n) is 7.53.